The zero-order valence-electron chi connectivity index (χ0n) is 13.7. The monoisotopic (exact) mass is 345 g/mol. The molecule has 0 saturated carbocycles. The highest BCUT2D eigenvalue weighted by Gasteiger charge is 2.42. The van der Waals surface area contributed by atoms with Gasteiger partial charge in [-0.2, -0.15) is 0 Å². The van der Waals surface area contributed by atoms with Crippen molar-refractivity contribution in [2.75, 3.05) is 20.1 Å². The van der Waals surface area contributed by atoms with Crippen LogP contribution in [0.15, 0.2) is 36.7 Å². The van der Waals surface area contributed by atoms with Gasteiger partial charge in [0.15, 0.2) is 0 Å². The fourth-order valence-corrected chi connectivity index (χ4v) is 3.50. The van der Waals surface area contributed by atoms with Gasteiger partial charge in [0.2, 0.25) is 0 Å². The van der Waals surface area contributed by atoms with Gasteiger partial charge in [0.25, 0.3) is 5.91 Å². The lowest BCUT2D eigenvalue weighted by Crippen LogP contribution is -2.44. The third-order valence-corrected chi connectivity index (χ3v) is 4.83. The average molecular weight is 345 g/mol. The summed E-state index contributed by atoms with van der Waals surface area (Å²) in [6.07, 6.45) is 2.45. The molecule has 1 aromatic heterocycles. The number of aromatic nitrogens is 1. The van der Waals surface area contributed by atoms with E-state index in [-0.39, 0.29) is 29.6 Å². The smallest absolute Gasteiger partial charge is 0.257 e. The Labute approximate surface area is 143 Å². The van der Waals surface area contributed by atoms with Crippen LogP contribution in [-0.2, 0) is 6.54 Å². The van der Waals surface area contributed by atoms with Crippen LogP contribution in [0, 0.1) is 11.6 Å². The molecule has 2 aliphatic rings. The van der Waals surface area contributed by atoms with E-state index in [1.807, 2.05) is 4.90 Å². The van der Waals surface area contributed by atoms with Gasteiger partial charge < -0.3 is 9.64 Å². The van der Waals surface area contributed by atoms with Gasteiger partial charge in [0.05, 0.1) is 17.8 Å². The summed E-state index contributed by atoms with van der Waals surface area (Å²) in [5.74, 6) is -0.727. The Bertz CT molecular complexity index is 830. The summed E-state index contributed by atoms with van der Waals surface area (Å²) in [6.45, 7) is 1.49. The molecule has 1 fully saturated rings. The van der Waals surface area contributed by atoms with E-state index in [9.17, 15) is 13.6 Å². The van der Waals surface area contributed by atoms with Crippen LogP contribution in [0.2, 0.25) is 0 Å². The van der Waals surface area contributed by atoms with E-state index in [2.05, 4.69) is 4.98 Å². The molecule has 0 radical (unpaired) electrons. The predicted molar refractivity (Wildman–Crippen MR) is 86.2 cm³/mol. The lowest BCUT2D eigenvalue weighted by atomic mass is 10.1. The van der Waals surface area contributed by atoms with Crippen LogP contribution in [0.4, 0.5) is 8.78 Å². The summed E-state index contributed by atoms with van der Waals surface area (Å²) >= 11 is 0. The highest BCUT2D eigenvalue weighted by Crippen LogP contribution is 2.31. The molecule has 2 aromatic rings. The number of fused-ring (bicyclic) bond motifs is 2. The molecule has 0 unspecified atom stereocenters. The maximum absolute atomic E-state index is 13.8. The predicted octanol–water partition coefficient (Wildman–Crippen LogP) is 2.08. The third kappa shape index (κ3) is 2.84. The van der Waals surface area contributed by atoms with E-state index >= 15 is 0 Å². The second kappa shape index (κ2) is 6.07. The number of likely N-dealkylation sites (tertiary alicyclic amines) is 1. The van der Waals surface area contributed by atoms with Gasteiger partial charge in [0, 0.05) is 44.5 Å². The highest BCUT2D eigenvalue weighted by atomic mass is 19.1. The largest absolute Gasteiger partial charge is 0.486 e. The van der Waals surface area contributed by atoms with Gasteiger partial charge in [-0.1, -0.05) is 0 Å². The van der Waals surface area contributed by atoms with E-state index in [4.69, 9.17) is 4.74 Å². The molecular weight excluding hydrogens is 328 g/mol. The Morgan fingerprint density at radius 1 is 1.28 bits per heavy atom. The van der Waals surface area contributed by atoms with Gasteiger partial charge in [-0.05, 0) is 18.2 Å². The van der Waals surface area contributed by atoms with Crippen LogP contribution in [0.5, 0.6) is 5.75 Å². The summed E-state index contributed by atoms with van der Waals surface area (Å²) < 4.78 is 33.3. The number of pyridine rings is 1. The first-order valence-corrected chi connectivity index (χ1v) is 8.07. The lowest BCUT2D eigenvalue weighted by molar-refractivity contribution is 0.0682. The molecule has 1 aromatic carbocycles. The summed E-state index contributed by atoms with van der Waals surface area (Å²) in [5.41, 5.74) is 0.914. The first kappa shape index (κ1) is 16.0. The van der Waals surface area contributed by atoms with E-state index < -0.39 is 5.82 Å². The summed E-state index contributed by atoms with van der Waals surface area (Å²) in [7, 11) is 1.72. The molecule has 0 spiro atoms. The van der Waals surface area contributed by atoms with E-state index in [0.29, 0.717) is 30.8 Å². The SMILES string of the molecule is CN1C(=O)c2ccc(F)cc2O[C@H]2CN(Cc3ccncc3F)C[C@H]21. The number of benzene rings is 1. The number of carbonyl (C=O) groups is 1. The normalized spacial score (nSPS) is 23.0. The molecule has 130 valence electrons. The summed E-state index contributed by atoms with van der Waals surface area (Å²) in [5, 5.41) is 0. The first-order chi connectivity index (χ1) is 12.0. The lowest BCUT2D eigenvalue weighted by Gasteiger charge is -2.25. The standard InChI is InChI=1S/C18H17F2N3O2/c1-22-15-9-23(8-11-4-5-21-7-14(11)20)10-17(15)25-16-6-12(19)2-3-13(16)18(22)24/h2-7,15,17H,8-10H2,1H3/t15-,17+/m1/s1. The molecule has 0 bridgehead atoms. The van der Waals surface area contributed by atoms with Gasteiger partial charge >= 0.3 is 0 Å². The Kier molecular flexibility index (Phi) is 3.88. The van der Waals surface area contributed by atoms with Crippen LogP contribution in [0.3, 0.4) is 0 Å². The van der Waals surface area contributed by atoms with Crippen molar-refractivity contribution in [3.63, 3.8) is 0 Å². The second-order valence-corrected chi connectivity index (χ2v) is 6.44. The molecule has 2 atom stereocenters. The number of nitrogens with zero attached hydrogens (tertiary/aromatic N) is 3. The van der Waals surface area contributed by atoms with Crippen molar-refractivity contribution in [1.29, 1.82) is 0 Å². The fourth-order valence-electron chi connectivity index (χ4n) is 3.50. The minimum Gasteiger partial charge on any atom is -0.486 e. The van der Waals surface area contributed by atoms with Crippen LogP contribution >= 0.6 is 0 Å². The van der Waals surface area contributed by atoms with Crippen molar-refractivity contribution >= 4 is 5.91 Å². The first-order valence-electron chi connectivity index (χ1n) is 8.07. The minimum absolute atomic E-state index is 0.173. The number of ether oxygens (including phenoxy) is 1. The highest BCUT2D eigenvalue weighted by molar-refractivity contribution is 5.97. The molecule has 2 aliphatic heterocycles. The maximum atomic E-state index is 13.8. The van der Waals surface area contributed by atoms with Gasteiger partial charge in [-0.25, -0.2) is 8.78 Å². The Balaban J connectivity index is 1.58. The van der Waals surface area contributed by atoms with Crippen LogP contribution in [-0.4, -0.2) is 53.0 Å². The van der Waals surface area contributed by atoms with Crippen molar-refractivity contribution in [1.82, 2.24) is 14.8 Å². The van der Waals surface area contributed by atoms with Crippen LogP contribution in [0.25, 0.3) is 0 Å². The summed E-state index contributed by atoms with van der Waals surface area (Å²) in [4.78, 5) is 20.1. The summed E-state index contributed by atoms with van der Waals surface area (Å²) in [6, 6.07) is 5.42. The number of amides is 1. The Morgan fingerprint density at radius 2 is 2.12 bits per heavy atom. The minimum atomic E-state index is -0.443. The zero-order chi connectivity index (χ0) is 17.6. The van der Waals surface area contributed by atoms with Crippen LogP contribution in [0.1, 0.15) is 15.9 Å². The number of hydrogen-bond acceptors (Lipinski definition) is 4. The average Bonchev–Trinajstić information content (AvgIpc) is 2.94. The molecular formula is C18H17F2N3O2. The van der Waals surface area contributed by atoms with E-state index in [1.54, 1.807) is 24.2 Å². The molecule has 1 saturated heterocycles. The Hall–Kier alpha value is -2.54. The van der Waals surface area contributed by atoms with Crippen molar-refractivity contribution in [2.45, 2.75) is 18.7 Å². The second-order valence-electron chi connectivity index (χ2n) is 6.44. The maximum Gasteiger partial charge on any atom is 0.257 e. The van der Waals surface area contributed by atoms with Gasteiger partial charge in [-0.3, -0.25) is 14.7 Å². The number of rotatable bonds is 2. The van der Waals surface area contributed by atoms with E-state index in [1.165, 1.54) is 24.4 Å². The molecule has 0 aliphatic carbocycles. The molecule has 3 heterocycles. The van der Waals surface area contributed by atoms with Gasteiger partial charge in [0.1, 0.15) is 23.5 Å². The molecule has 7 heteroatoms. The molecule has 0 N–H and O–H groups in total. The topological polar surface area (TPSA) is 45.7 Å². The number of hydrogen-bond donors (Lipinski definition) is 0. The molecule has 5 nitrogen and oxygen atoms in total. The fraction of sp³-hybridized carbons (Fsp3) is 0.333. The van der Waals surface area contributed by atoms with Crippen molar-refractivity contribution in [3.05, 3.63) is 59.4 Å². The van der Waals surface area contributed by atoms with Crippen molar-refractivity contribution in [3.8, 4) is 5.75 Å². The number of halogens is 2. The Morgan fingerprint density at radius 3 is 2.92 bits per heavy atom. The zero-order valence-corrected chi connectivity index (χ0v) is 13.7. The van der Waals surface area contributed by atoms with E-state index in [0.717, 1.165) is 0 Å². The van der Waals surface area contributed by atoms with Gasteiger partial charge in [-0.15, -0.1) is 0 Å². The van der Waals surface area contributed by atoms with Crippen molar-refractivity contribution < 1.29 is 18.3 Å². The molecule has 4 rings (SSSR count). The number of likely N-dealkylation sites (N-methyl/N-ethyl adjacent to an activating group) is 1. The van der Waals surface area contributed by atoms with Crippen molar-refractivity contribution in [2.24, 2.45) is 0 Å². The molecule has 25 heavy (non-hydrogen) atoms. The third-order valence-electron chi connectivity index (χ3n) is 4.83. The quantitative estimate of drug-likeness (QED) is 0.836. The van der Waals surface area contributed by atoms with Crippen LogP contribution < -0.4 is 4.74 Å². The molecule has 1 amide bonds. The number of carbonyl (C=O) groups excluding carboxylic acids is 1.